The molecule has 0 amide bonds. The fraction of sp³-hybridized carbons (Fsp3) is 0.0333. The van der Waals surface area contributed by atoms with Crippen LogP contribution in [0.5, 0.6) is 11.5 Å². The molecular weight excluding hydrogens is 456 g/mol. The Labute approximate surface area is 206 Å². The van der Waals surface area contributed by atoms with Gasteiger partial charge in [-0.2, -0.15) is 10.9 Å². The van der Waals surface area contributed by atoms with Crippen LogP contribution in [0.2, 0.25) is 0 Å². The molecule has 4 aromatic carbocycles. The second kappa shape index (κ2) is 10.1. The van der Waals surface area contributed by atoms with Crippen LogP contribution in [-0.4, -0.2) is 5.78 Å². The zero-order chi connectivity index (χ0) is 23.3. The van der Waals surface area contributed by atoms with Crippen molar-refractivity contribution in [2.45, 2.75) is 21.6 Å². The Morgan fingerprint density at radius 3 is 1.91 bits per heavy atom. The Morgan fingerprint density at radius 1 is 0.706 bits per heavy atom. The molecule has 4 heteroatoms. The number of aryl methyl sites for hydroxylation is 1. The number of thiol groups is 1. The van der Waals surface area contributed by atoms with E-state index >= 15 is 0 Å². The lowest BCUT2D eigenvalue weighted by atomic mass is 10.1. The maximum Gasteiger partial charge on any atom is 0.202 e. The molecule has 0 bridgehead atoms. The molecule has 0 atom stereocenters. The molecule has 5 aromatic rings. The summed E-state index contributed by atoms with van der Waals surface area (Å²) in [7, 11) is -0.656. The van der Waals surface area contributed by atoms with Crippen molar-refractivity contribution in [3.05, 3.63) is 137 Å². The van der Waals surface area contributed by atoms with Gasteiger partial charge in [-0.05, 0) is 105 Å². The average Bonchev–Trinajstić information content (AvgIpc) is 3.42. The van der Waals surface area contributed by atoms with E-state index in [1.54, 1.807) is 0 Å². The van der Waals surface area contributed by atoms with Crippen LogP contribution in [0.4, 0.5) is 0 Å². The van der Waals surface area contributed by atoms with Gasteiger partial charge in [0.1, 0.15) is 11.5 Å². The fourth-order valence-electron chi connectivity index (χ4n) is 3.84. The van der Waals surface area contributed by atoms with Crippen molar-refractivity contribution in [1.29, 1.82) is 0 Å². The van der Waals surface area contributed by atoms with E-state index in [0.29, 0.717) is 11.3 Å². The fourth-order valence-corrected chi connectivity index (χ4v) is 6.91. The van der Waals surface area contributed by atoms with E-state index in [9.17, 15) is 4.79 Å². The van der Waals surface area contributed by atoms with Gasteiger partial charge in [0.05, 0.1) is 4.88 Å². The number of benzene rings is 4. The minimum atomic E-state index is -0.656. The Kier molecular flexibility index (Phi) is 6.61. The Balaban J connectivity index is 1.39. The second-order valence-corrected chi connectivity index (χ2v) is 11.1. The van der Waals surface area contributed by atoms with E-state index in [1.807, 2.05) is 41.8 Å². The molecule has 0 aliphatic heterocycles. The lowest BCUT2D eigenvalue weighted by Gasteiger charge is -2.24. The minimum absolute atomic E-state index is 0.0391. The molecule has 0 aliphatic rings. The SMILES string of the molecule is Cc1cc([SH](c2ccccc2)c2ccccc2)ccc1Oc1ccc(C(=O)c2cccs2)cc1. The lowest BCUT2D eigenvalue weighted by Crippen LogP contribution is -1.98. The van der Waals surface area contributed by atoms with E-state index in [4.69, 9.17) is 4.74 Å². The summed E-state index contributed by atoms with van der Waals surface area (Å²) in [4.78, 5) is 17.2. The summed E-state index contributed by atoms with van der Waals surface area (Å²) in [6, 6.07) is 38.9. The summed E-state index contributed by atoms with van der Waals surface area (Å²) in [5.41, 5.74) is 1.74. The highest BCUT2D eigenvalue weighted by molar-refractivity contribution is 8.17. The third-order valence-electron chi connectivity index (χ3n) is 5.53. The molecule has 0 fully saturated rings. The second-order valence-electron chi connectivity index (χ2n) is 7.89. The minimum Gasteiger partial charge on any atom is -0.457 e. The van der Waals surface area contributed by atoms with Crippen LogP contribution in [0.3, 0.4) is 0 Å². The summed E-state index contributed by atoms with van der Waals surface area (Å²) in [5.74, 6) is 1.57. The van der Waals surface area contributed by atoms with E-state index in [0.717, 1.165) is 16.2 Å². The monoisotopic (exact) mass is 480 g/mol. The molecule has 0 N–H and O–H groups in total. The first-order chi connectivity index (χ1) is 16.7. The average molecular weight is 481 g/mol. The quantitative estimate of drug-likeness (QED) is 0.186. The van der Waals surface area contributed by atoms with Gasteiger partial charge in [0, 0.05) is 5.56 Å². The predicted octanol–water partition coefficient (Wildman–Crippen LogP) is 8.56. The van der Waals surface area contributed by atoms with Gasteiger partial charge < -0.3 is 4.74 Å². The number of ether oxygens (including phenoxy) is 1. The maximum atomic E-state index is 12.5. The lowest BCUT2D eigenvalue weighted by molar-refractivity contribution is 0.104. The molecule has 1 aromatic heterocycles. The molecule has 1 heterocycles. The molecule has 5 rings (SSSR count). The smallest absolute Gasteiger partial charge is 0.202 e. The van der Waals surface area contributed by atoms with Crippen molar-refractivity contribution in [3.63, 3.8) is 0 Å². The van der Waals surface area contributed by atoms with Gasteiger partial charge in [0.25, 0.3) is 0 Å². The van der Waals surface area contributed by atoms with Crippen LogP contribution in [-0.2, 0) is 0 Å². The number of thiophene rings is 1. The van der Waals surface area contributed by atoms with Gasteiger partial charge in [-0.1, -0.05) is 42.5 Å². The molecule has 34 heavy (non-hydrogen) atoms. The number of hydrogen-bond donors (Lipinski definition) is 1. The van der Waals surface area contributed by atoms with E-state index in [2.05, 4.69) is 85.8 Å². The van der Waals surface area contributed by atoms with Gasteiger partial charge >= 0.3 is 0 Å². The zero-order valence-electron chi connectivity index (χ0n) is 18.7. The molecule has 0 saturated carbocycles. The summed E-state index contributed by atoms with van der Waals surface area (Å²) >= 11 is 1.46. The molecular formula is C30H24O2S2. The summed E-state index contributed by atoms with van der Waals surface area (Å²) in [6.45, 7) is 2.08. The first-order valence-electron chi connectivity index (χ1n) is 11.1. The van der Waals surface area contributed by atoms with Crippen LogP contribution in [0.25, 0.3) is 0 Å². The standard InChI is InChI=1S/C30H24O2S2/c1-22-21-27(34(25-9-4-2-5-10-25)26-11-6-3-7-12-26)18-19-28(22)32-24-16-14-23(15-17-24)30(31)29-13-8-20-33-29/h2-21,34H,1H3. The van der Waals surface area contributed by atoms with E-state index in [1.165, 1.54) is 26.0 Å². The van der Waals surface area contributed by atoms with Crippen LogP contribution in [0.15, 0.2) is 135 Å². The van der Waals surface area contributed by atoms with Crippen molar-refractivity contribution in [2.75, 3.05) is 0 Å². The Hall–Kier alpha value is -3.60. The number of hydrogen-bond acceptors (Lipinski definition) is 3. The van der Waals surface area contributed by atoms with Crippen molar-refractivity contribution in [1.82, 2.24) is 0 Å². The molecule has 0 spiro atoms. The van der Waals surface area contributed by atoms with E-state index < -0.39 is 10.9 Å². The highest BCUT2D eigenvalue weighted by Crippen LogP contribution is 2.51. The molecule has 0 aliphatic carbocycles. The Bertz CT molecular complexity index is 1340. The largest absolute Gasteiger partial charge is 0.457 e. The van der Waals surface area contributed by atoms with Crippen LogP contribution >= 0.6 is 22.2 Å². The number of rotatable bonds is 7. The summed E-state index contributed by atoms with van der Waals surface area (Å²) in [5, 5.41) is 1.92. The Morgan fingerprint density at radius 2 is 1.35 bits per heavy atom. The highest BCUT2D eigenvalue weighted by Gasteiger charge is 2.15. The number of carbonyl (C=O) groups is 1. The molecule has 0 radical (unpaired) electrons. The third-order valence-corrected chi connectivity index (χ3v) is 8.83. The molecule has 168 valence electrons. The normalized spacial score (nSPS) is 11.1. The van der Waals surface area contributed by atoms with Crippen molar-refractivity contribution < 1.29 is 9.53 Å². The number of ketones is 1. The third kappa shape index (κ3) is 4.84. The van der Waals surface area contributed by atoms with E-state index in [-0.39, 0.29) is 5.78 Å². The van der Waals surface area contributed by atoms with Crippen LogP contribution in [0, 0.1) is 6.92 Å². The molecule has 2 nitrogen and oxygen atoms in total. The van der Waals surface area contributed by atoms with Crippen LogP contribution in [0.1, 0.15) is 20.8 Å². The van der Waals surface area contributed by atoms with Crippen LogP contribution < -0.4 is 4.74 Å². The molecule has 0 unspecified atom stereocenters. The summed E-state index contributed by atoms with van der Waals surface area (Å²) < 4.78 is 6.18. The maximum absolute atomic E-state index is 12.5. The van der Waals surface area contributed by atoms with Gasteiger partial charge in [0.2, 0.25) is 5.78 Å². The predicted molar refractivity (Wildman–Crippen MR) is 142 cm³/mol. The van der Waals surface area contributed by atoms with Crippen molar-refractivity contribution in [2.24, 2.45) is 0 Å². The van der Waals surface area contributed by atoms with Gasteiger partial charge in [0.15, 0.2) is 0 Å². The zero-order valence-corrected chi connectivity index (χ0v) is 20.4. The summed E-state index contributed by atoms with van der Waals surface area (Å²) in [6.07, 6.45) is 0. The number of carbonyl (C=O) groups excluding carboxylic acids is 1. The van der Waals surface area contributed by atoms with Crippen molar-refractivity contribution >= 4 is 28.0 Å². The van der Waals surface area contributed by atoms with Gasteiger partial charge in [-0.15, -0.1) is 11.3 Å². The van der Waals surface area contributed by atoms with Gasteiger partial charge in [-0.25, -0.2) is 0 Å². The van der Waals surface area contributed by atoms with Gasteiger partial charge in [-0.3, -0.25) is 4.79 Å². The highest BCUT2D eigenvalue weighted by atomic mass is 32.2. The molecule has 0 saturated heterocycles. The topological polar surface area (TPSA) is 26.3 Å². The first-order valence-corrected chi connectivity index (χ1v) is 13.3. The first kappa shape index (κ1) is 22.2. The van der Waals surface area contributed by atoms with Crippen molar-refractivity contribution in [3.8, 4) is 11.5 Å².